The number of hydrogen-bond acceptors (Lipinski definition) is 3. The van der Waals surface area contributed by atoms with Gasteiger partial charge in [-0.15, -0.1) is 0 Å². The van der Waals surface area contributed by atoms with Crippen molar-refractivity contribution in [2.75, 3.05) is 12.3 Å². The Hall–Kier alpha value is -1.06. The predicted octanol–water partition coefficient (Wildman–Crippen LogP) is 1.86. The second-order valence-corrected chi connectivity index (χ2v) is 2.28. The van der Waals surface area contributed by atoms with Gasteiger partial charge in [0.15, 0.2) is 0 Å². The number of nitrogens with zero attached hydrogens (tertiary/aromatic N) is 1. The molecule has 0 unspecified atom stereocenters. The number of hydrogen-bond donors (Lipinski definition) is 0. The van der Waals surface area contributed by atoms with Gasteiger partial charge in [-0.3, -0.25) is 4.84 Å². The van der Waals surface area contributed by atoms with Gasteiger partial charge in [0.05, 0.1) is 12.8 Å². The topological polar surface area (TPSA) is 35.5 Å². The second-order valence-electron chi connectivity index (χ2n) is 2.28. The van der Waals surface area contributed by atoms with Crippen molar-refractivity contribution in [1.82, 2.24) is 0 Å². The van der Waals surface area contributed by atoms with Crippen molar-refractivity contribution < 1.29 is 4.84 Å². The molecule has 1 aromatic carbocycles. The Bertz CT molecular complexity index is 220. The van der Waals surface area contributed by atoms with E-state index in [1.807, 2.05) is 19.1 Å². The molecule has 0 amide bonds. The number of benzene rings is 1. The fraction of sp³-hybridized carbons (Fsp3) is 0.250. The van der Waals surface area contributed by atoms with Crippen LogP contribution in [0.3, 0.4) is 0 Å². The zero-order chi connectivity index (χ0) is 8.27. The molecule has 3 heteroatoms. The van der Waals surface area contributed by atoms with Crippen LogP contribution in [0.5, 0.6) is 0 Å². The van der Waals surface area contributed by atoms with E-state index >= 15 is 0 Å². The van der Waals surface area contributed by atoms with Gasteiger partial charge in [0.1, 0.15) is 0 Å². The minimum absolute atomic E-state index is 0.472. The highest BCUT2D eigenvalue weighted by Crippen LogP contribution is 2.13. The summed E-state index contributed by atoms with van der Waals surface area (Å²) < 4.78 is 0. The van der Waals surface area contributed by atoms with E-state index in [1.54, 1.807) is 12.1 Å². The Labute approximate surface area is 65.7 Å². The van der Waals surface area contributed by atoms with Gasteiger partial charge in [0, 0.05) is 0 Å². The van der Waals surface area contributed by atoms with Crippen molar-refractivity contribution >= 4 is 5.69 Å². The first-order valence-electron chi connectivity index (χ1n) is 3.32. The monoisotopic (exact) mass is 152 g/mol. The maximum absolute atomic E-state index is 10.8. The molecule has 0 atom stereocenters. The summed E-state index contributed by atoms with van der Waals surface area (Å²) in [6, 6.07) is 7.15. The summed E-state index contributed by atoms with van der Waals surface area (Å²) in [5, 5.41) is 11.3. The second kappa shape index (κ2) is 3.37. The molecule has 0 spiro atoms. The first kappa shape index (κ1) is 8.04. The standard InChI is InChI=1S/C8H10NO2/c1-7-3-5-8(6-4-7)9(10)11-2/h3-6H,1-2H3/q-1. The van der Waals surface area contributed by atoms with Gasteiger partial charge >= 0.3 is 0 Å². The molecule has 0 aliphatic rings. The first-order chi connectivity index (χ1) is 5.24. The van der Waals surface area contributed by atoms with E-state index in [2.05, 4.69) is 4.84 Å². The van der Waals surface area contributed by atoms with Crippen LogP contribution in [-0.4, -0.2) is 7.11 Å². The minimum Gasteiger partial charge on any atom is -0.733 e. The van der Waals surface area contributed by atoms with Crippen molar-refractivity contribution in [1.29, 1.82) is 0 Å². The Balaban J connectivity index is 2.81. The fourth-order valence-electron chi connectivity index (χ4n) is 0.772. The van der Waals surface area contributed by atoms with Gasteiger partial charge in [0.2, 0.25) is 0 Å². The average Bonchev–Trinajstić information content (AvgIpc) is 2.05. The SMILES string of the molecule is CON([O-])c1ccc(C)cc1. The Morgan fingerprint density at radius 3 is 2.27 bits per heavy atom. The summed E-state index contributed by atoms with van der Waals surface area (Å²) >= 11 is 0. The molecule has 11 heavy (non-hydrogen) atoms. The predicted molar refractivity (Wildman–Crippen MR) is 44.0 cm³/mol. The Kier molecular flexibility index (Phi) is 2.46. The van der Waals surface area contributed by atoms with Gasteiger partial charge in [0.25, 0.3) is 0 Å². The minimum atomic E-state index is 0.472. The molecule has 1 rings (SSSR count). The third-order valence-corrected chi connectivity index (χ3v) is 1.41. The van der Waals surface area contributed by atoms with Crippen LogP contribution in [0.4, 0.5) is 5.69 Å². The number of aryl methyl sites for hydroxylation is 1. The molecule has 0 aliphatic carbocycles. The molecule has 0 aromatic heterocycles. The molecule has 0 radical (unpaired) electrons. The molecule has 3 nitrogen and oxygen atoms in total. The molecule has 1 aromatic rings. The van der Waals surface area contributed by atoms with Gasteiger partial charge in [-0.25, -0.2) is 0 Å². The average molecular weight is 152 g/mol. The van der Waals surface area contributed by atoms with Crippen molar-refractivity contribution in [2.24, 2.45) is 0 Å². The van der Waals surface area contributed by atoms with Gasteiger partial charge in [-0.1, -0.05) is 17.7 Å². The van der Waals surface area contributed by atoms with Crippen LogP contribution in [0, 0.1) is 12.1 Å². The van der Waals surface area contributed by atoms with Crippen LogP contribution in [0.1, 0.15) is 5.56 Å². The summed E-state index contributed by atoms with van der Waals surface area (Å²) in [4.78, 5) is 4.45. The van der Waals surface area contributed by atoms with E-state index in [0.717, 1.165) is 5.56 Å². The summed E-state index contributed by atoms with van der Waals surface area (Å²) in [5.41, 5.74) is 1.64. The smallest absolute Gasteiger partial charge is 0.0629 e. The van der Waals surface area contributed by atoms with E-state index in [9.17, 15) is 5.21 Å². The Morgan fingerprint density at radius 1 is 1.27 bits per heavy atom. The third-order valence-electron chi connectivity index (χ3n) is 1.41. The summed E-state index contributed by atoms with van der Waals surface area (Å²) in [5.74, 6) is 0. The van der Waals surface area contributed by atoms with Gasteiger partial charge in [-0.05, 0) is 19.1 Å². The molecule has 0 heterocycles. The number of anilines is 1. The molecular weight excluding hydrogens is 142 g/mol. The van der Waals surface area contributed by atoms with Crippen molar-refractivity contribution in [3.63, 3.8) is 0 Å². The van der Waals surface area contributed by atoms with Crippen LogP contribution >= 0.6 is 0 Å². The quantitative estimate of drug-likeness (QED) is 0.607. The Morgan fingerprint density at radius 2 is 1.82 bits per heavy atom. The highest BCUT2D eigenvalue weighted by molar-refractivity contribution is 5.45. The molecule has 60 valence electrons. The molecule has 0 fully saturated rings. The van der Waals surface area contributed by atoms with E-state index in [0.29, 0.717) is 10.9 Å². The van der Waals surface area contributed by atoms with Crippen molar-refractivity contribution in [3.05, 3.63) is 35.0 Å². The lowest BCUT2D eigenvalue weighted by Crippen LogP contribution is -2.11. The van der Waals surface area contributed by atoms with E-state index in [1.165, 1.54) is 7.11 Å². The van der Waals surface area contributed by atoms with Crippen LogP contribution in [0.15, 0.2) is 24.3 Å². The third kappa shape index (κ3) is 1.93. The van der Waals surface area contributed by atoms with Crippen molar-refractivity contribution in [2.45, 2.75) is 6.92 Å². The summed E-state index contributed by atoms with van der Waals surface area (Å²) in [6.45, 7) is 1.96. The zero-order valence-electron chi connectivity index (χ0n) is 6.57. The molecule has 0 saturated heterocycles. The van der Waals surface area contributed by atoms with Crippen LogP contribution in [0.2, 0.25) is 0 Å². The molecule has 0 N–H and O–H groups in total. The molecular formula is C8H10NO2-. The lowest BCUT2D eigenvalue weighted by Gasteiger charge is -2.26. The summed E-state index contributed by atoms with van der Waals surface area (Å²) in [7, 11) is 1.34. The van der Waals surface area contributed by atoms with Crippen LogP contribution < -0.4 is 5.23 Å². The normalized spacial score (nSPS) is 9.73. The lowest BCUT2D eigenvalue weighted by atomic mass is 10.2. The molecule has 0 saturated carbocycles. The maximum atomic E-state index is 10.8. The zero-order valence-corrected chi connectivity index (χ0v) is 6.57. The van der Waals surface area contributed by atoms with Gasteiger partial charge in [-0.2, -0.15) is 0 Å². The number of rotatable bonds is 2. The summed E-state index contributed by atoms with van der Waals surface area (Å²) in [6.07, 6.45) is 0. The van der Waals surface area contributed by atoms with Crippen LogP contribution in [0.25, 0.3) is 0 Å². The van der Waals surface area contributed by atoms with Crippen molar-refractivity contribution in [3.8, 4) is 0 Å². The van der Waals surface area contributed by atoms with Crippen LogP contribution in [-0.2, 0) is 4.84 Å². The maximum Gasteiger partial charge on any atom is 0.0629 e. The largest absolute Gasteiger partial charge is 0.733 e. The first-order valence-corrected chi connectivity index (χ1v) is 3.32. The molecule has 0 aliphatic heterocycles. The van der Waals surface area contributed by atoms with E-state index < -0.39 is 0 Å². The highest BCUT2D eigenvalue weighted by Gasteiger charge is 1.91. The lowest BCUT2D eigenvalue weighted by molar-refractivity contribution is 0.198. The van der Waals surface area contributed by atoms with Gasteiger partial charge < -0.3 is 10.4 Å². The molecule has 0 bridgehead atoms. The highest BCUT2D eigenvalue weighted by atomic mass is 16.9. The van der Waals surface area contributed by atoms with E-state index in [4.69, 9.17) is 0 Å². The van der Waals surface area contributed by atoms with E-state index in [-0.39, 0.29) is 0 Å². The fourth-order valence-corrected chi connectivity index (χ4v) is 0.772.